The zero-order valence-electron chi connectivity index (χ0n) is 17.6. The van der Waals surface area contributed by atoms with Crippen molar-refractivity contribution in [2.24, 2.45) is 0 Å². The standard InChI is InChI=1S/C22H18N4O6S/c1-3-32-16-10-6-14(7-11-16)19(27)17-18(13-4-8-15(9-5-13)26(30)31)25(21(29)20(17)28)22-24-23-12(2)33-22/h4-11,18,27H,3H2,1-2H3/b19-17-. The number of aliphatic hydroxyl groups excluding tert-OH is 1. The predicted molar refractivity (Wildman–Crippen MR) is 120 cm³/mol. The van der Waals surface area contributed by atoms with Gasteiger partial charge in [0.1, 0.15) is 16.5 Å². The third-order valence-electron chi connectivity index (χ3n) is 5.02. The van der Waals surface area contributed by atoms with Crippen LogP contribution in [-0.4, -0.2) is 38.5 Å². The molecule has 0 spiro atoms. The number of ether oxygens (including phenoxy) is 1. The first-order chi connectivity index (χ1) is 15.8. The van der Waals surface area contributed by atoms with Crippen LogP contribution in [0.25, 0.3) is 5.76 Å². The molecule has 1 atom stereocenters. The molecule has 0 saturated carbocycles. The Kier molecular flexibility index (Phi) is 5.88. The van der Waals surface area contributed by atoms with Crippen LogP contribution in [0, 0.1) is 17.0 Å². The summed E-state index contributed by atoms with van der Waals surface area (Å²) in [6, 6.07) is 10.8. The summed E-state index contributed by atoms with van der Waals surface area (Å²) in [6.45, 7) is 4.02. The third kappa shape index (κ3) is 4.05. The molecule has 1 N–H and O–H groups in total. The zero-order chi connectivity index (χ0) is 23.7. The van der Waals surface area contributed by atoms with E-state index in [9.17, 15) is 24.8 Å². The molecular weight excluding hydrogens is 448 g/mol. The molecule has 11 heteroatoms. The number of aromatic nitrogens is 2. The van der Waals surface area contributed by atoms with Crippen molar-refractivity contribution in [3.63, 3.8) is 0 Å². The van der Waals surface area contributed by atoms with Crippen LogP contribution < -0.4 is 9.64 Å². The Bertz CT molecular complexity index is 1270. The maximum atomic E-state index is 13.1. The lowest BCUT2D eigenvalue weighted by molar-refractivity contribution is -0.384. The third-order valence-corrected chi connectivity index (χ3v) is 5.86. The number of hydrogen-bond acceptors (Lipinski definition) is 9. The lowest BCUT2D eigenvalue weighted by Gasteiger charge is -2.22. The van der Waals surface area contributed by atoms with Crippen molar-refractivity contribution in [2.45, 2.75) is 19.9 Å². The highest BCUT2D eigenvalue weighted by atomic mass is 32.1. The summed E-state index contributed by atoms with van der Waals surface area (Å²) in [5.74, 6) is -1.55. The molecule has 168 valence electrons. The number of carbonyl (C=O) groups is 2. The van der Waals surface area contributed by atoms with Crippen LogP contribution >= 0.6 is 11.3 Å². The van der Waals surface area contributed by atoms with Crippen LogP contribution in [0.4, 0.5) is 10.8 Å². The van der Waals surface area contributed by atoms with Gasteiger partial charge >= 0.3 is 5.91 Å². The van der Waals surface area contributed by atoms with Gasteiger partial charge in [-0.3, -0.25) is 24.6 Å². The number of anilines is 1. The average molecular weight is 466 g/mol. The molecule has 0 radical (unpaired) electrons. The Morgan fingerprint density at radius 3 is 2.36 bits per heavy atom. The number of carbonyl (C=O) groups excluding carboxylic acids is 2. The summed E-state index contributed by atoms with van der Waals surface area (Å²) in [5.41, 5.74) is 0.428. The topological polar surface area (TPSA) is 136 Å². The maximum Gasteiger partial charge on any atom is 0.301 e. The first-order valence-electron chi connectivity index (χ1n) is 9.90. The van der Waals surface area contributed by atoms with Gasteiger partial charge in [-0.05, 0) is 55.8 Å². The van der Waals surface area contributed by atoms with Gasteiger partial charge in [0.15, 0.2) is 0 Å². The highest BCUT2D eigenvalue weighted by Crippen LogP contribution is 2.43. The highest BCUT2D eigenvalue weighted by molar-refractivity contribution is 7.15. The van der Waals surface area contributed by atoms with Crippen molar-refractivity contribution in [3.8, 4) is 5.75 Å². The lowest BCUT2D eigenvalue weighted by atomic mass is 9.95. The number of benzene rings is 2. The summed E-state index contributed by atoms with van der Waals surface area (Å²) in [4.78, 5) is 37.7. The number of amides is 1. The van der Waals surface area contributed by atoms with Crippen LogP contribution in [0.3, 0.4) is 0 Å². The number of non-ortho nitro benzene ring substituents is 1. The SMILES string of the molecule is CCOc1ccc(/C(O)=C2/C(=O)C(=O)N(c3nnc(C)s3)C2c2ccc([N+](=O)[O-])cc2)cc1. The van der Waals surface area contributed by atoms with E-state index in [1.54, 1.807) is 31.2 Å². The smallest absolute Gasteiger partial charge is 0.301 e. The molecule has 33 heavy (non-hydrogen) atoms. The molecule has 1 saturated heterocycles. The molecule has 1 aromatic heterocycles. The number of hydrogen-bond donors (Lipinski definition) is 1. The Morgan fingerprint density at radius 1 is 1.15 bits per heavy atom. The Labute approximate surface area is 191 Å². The van der Waals surface area contributed by atoms with E-state index in [-0.39, 0.29) is 22.2 Å². The van der Waals surface area contributed by atoms with E-state index in [1.165, 1.54) is 24.3 Å². The minimum Gasteiger partial charge on any atom is -0.507 e. The van der Waals surface area contributed by atoms with Crippen LogP contribution in [0.2, 0.25) is 0 Å². The number of aliphatic hydroxyl groups is 1. The minimum absolute atomic E-state index is 0.144. The normalized spacial score (nSPS) is 17.4. The summed E-state index contributed by atoms with van der Waals surface area (Å²) in [7, 11) is 0. The zero-order valence-corrected chi connectivity index (χ0v) is 18.4. The van der Waals surface area contributed by atoms with Gasteiger partial charge in [-0.1, -0.05) is 11.3 Å². The van der Waals surface area contributed by atoms with Crippen LogP contribution in [-0.2, 0) is 9.59 Å². The van der Waals surface area contributed by atoms with Crippen LogP contribution in [0.1, 0.15) is 29.1 Å². The summed E-state index contributed by atoms with van der Waals surface area (Å²) >= 11 is 1.12. The molecule has 0 bridgehead atoms. The minimum atomic E-state index is -1.04. The number of rotatable bonds is 6. The first-order valence-corrected chi connectivity index (χ1v) is 10.7. The second-order valence-electron chi connectivity index (χ2n) is 7.08. The van der Waals surface area contributed by atoms with Crippen molar-refractivity contribution in [1.29, 1.82) is 0 Å². The average Bonchev–Trinajstić information content (AvgIpc) is 3.34. The molecule has 1 unspecified atom stereocenters. The van der Waals surface area contributed by atoms with Gasteiger partial charge < -0.3 is 9.84 Å². The molecule has 1 aliphatic heterocycles. The molecule has 4 rings (SSSR count). The molecule has 1 amide bonds. The molecule has 10 nitrogen and oxygen atoms in total. The van der Waals surface area contributed by atoms with Gasteiger partial charge in [0.25, 0.3) is 11.5 Å². The van der Waals surface area contributed by atoms with Gasteiger partial charge in [0.05, 0.1) is 23.1 Å². The molecule has 1 aliphatic rings. The van der Waals surface area contributed by atoms with E-state index in [2.05, 4.69) is 10.2 Å². The van der Waals surface area contributed by atoms with E-state index < -0.39 is 22.7 Å². The molecular formula is C22H18N4O6S. The van der Waals surface area contributed by atoms with Gasteiger partial charge in [-0.15, -0.1) is 10.2 Å². The fourth-order valence-electron chi connectivity index (χ4n) is 3.54. The van der Waals surface area contributed by atoms with Crippen molar-refractivity contribution in [1.82, 2.24) is 10.2 Å². The van der Waals surface area contributed by atoms with Crippen molar-refractivity contribution in [3.05, 3.63) is 80.4 Å². The summed E-state index contributed by atoms with van der Waals surface area (Å²) < 4.78 is 5.41. The second kappa shape index (κ2) is 8.79. The van der Waals surface area contributed by atoms with E-state index in [0.29, 0.717) is 28.5 Å². The van der Waals surface area contributed by atoms with Crippen molar-refractivity contribution in [2.75, 3.05) is 11.5 Å². The number of ketones is 1. The van der Waals surface area contributed by atoms with E-state index >= 15 is 0 Å². The molecule has 1 fully saturated rings. The maximum absolute atomic E-state index is 13.1. The van der Waals surface area contributed by atoms with Gasteiger partial charge in [-0.2, -0.15) is 0 Å². The lowest BCUT2D eigenvalue weighted by Crippen LogP contribution is -2.29. The fourth-order valence-corrected chi connectivity index (χ4v) is 4.25. The Balaban J connectivity index is 1.87. The predicted octanol–water partition coefficient (Wildman–Crippen LogP) is 3.78. The highest BCUT2D eigenvalue weighted by Gasteiger charge is 2.48. The number of aryl methyl sites for hydroxylation is 1. The van der Waals surface area contributed by atoms with E-state index in [4.69, 9.17) is 4.74 Å². The quantitative estimate of drug-likeness (QED) is 0.191. The van der Waals surface area contributed by atoms with Crippen LogP contribution in [0.15, 0.2) is 54.1 Å². The monoisotopic (exact) mass is 466 g/mol. The fraction of sp³-hybridized carbons (Fsp3) is 0.182. The molecule has 2 heterocycles. The Morgan fingerprint density at radius 2 is 1.82 bits per heavy atom. The van der Waals surface area contributed by atoms with Gasteiger partial charge in [-0.25, -0.2) is 0 Å². The largest absolute Gasteiger partial charge is 0.507 e. The van der Waals surface area contributed by atoms with Gasteiger partial charge in [0.2, 0.25) is 5.13 Å². The molecule has 2 aromatic carbocycles. The number of Topliss-reactive ketones (excluding diaryl/α,β-unsaturated/α-hetero) is 1. The summed E-state index contributed by atoms with van der Waals surface area (Å²) in [5, 5.41) is 30.8. The summed E-state index contributed by atoms with van der Waals surface area (Å²) in [6.07, 6.45) is 0. The molecule has 3 aromatic rings. The molecule has 0 aliphatic carbocycles. The van der Waals surface area contributed by atoms with Crippen molar-refractivity contribution < 1.29 is 24.4 Å². The Hall–Kier alpha value is -4.12. The first kappa shape index (κ1) is 22.1. The van der Waals surface area contributed by atoms with Crippen LogP contribution in [0.5, 0.6) is 5.75 Å². The van der Waals surface area contributed by atoms with Gasteiger partial charge in [0, 0.05) is 17.7 Å². The number of nitro benzene ring substituents is 1. The second-order valence-corrected chi connectivity index (χ2v) is 8.24. The van der Waals surface area contributed by atoms with E-state index in [1.807, 2.05) is 6.92 Å². The number of nitrogens with zero attached hydrogens (tertiary/aromatic N) is 4. The van der Waals surface area contributed by atoms with Crippen molar-refractivity contribution >= 4 is 39.6 Å². The number of nitro groups is 1. The van der Waals surface area contributed by atoms with E-state index in [0.717, 1.165) is 16.2 Å².